The molecule has 1 aliphatic carbocycles. The zero-order valence-corrected chi connectivity index (χ0v) is 29.3. The van der Waals surface area contributed by atoms with E-state index in [-0.39, 0.29) is 35.7 Å². The second-order valence-electron chi connectivity index (χ2n) is 14.4. The van der Waals surface area contributed by atoms with Crippen molar-refractivity contribution >= 4 is 33.9 Å². The first kappa shape index (κ1) is 34.1. The molecular weight excluding hydrogens is 673 g/mol. The third-order valence-corrected chi connectivity index (χ3v) is 11.2. The number of hydrogen-bond acceptors (Lipinski definition) is 7. The van der Waals surface area contributed by atoms with Gasteiger partial charge in [-0.25, -0.2) is 15.0 Å². The molecule has 11 nitrogen and oxygen atoms in total. The Hall–Kier alpha value is -4.98. The highest BCUT2D eigenvalue weighted by atomic mass is 19.4. The zero-order chi connectivity index (χ0) is 36.5. The van der Waals surface area contributed by atoms with Crippen LogP contribution in [0.3, 0.4) is 0 Å². The molecule has 5 aromatic rings. The lowest BCUT2D eigenvalue weighted by Crippen LogP contribution is -2.51. The smallest absolute Gasteiger partial charge is 0.433 e. The van der Waals surface area contributed by atoms with Crippen LogP contribution in [0, 0.1) is 5.92 Å². The number of nitrogens with one attached hydrogen (secondary N) is 1. The molecule has 3 aliphatic rings. The molecule has 0 spiro atoms. The van der Waals surface area contributed by atoms with Crippen LogP contribution in [0.15, 0.2) is 42.5 Å². The van der Waals surface area contributed by atoms with Gasteiger partial charge < -0.3 is 29.8 Å². The number of ether oxygens (including phenoxy) is 1. The Labute approximate surface area is 298 Å². The van der Waals surface area contributed by atoms with Crippen LogP contribution < -0.4 is 15.8 Å². The van der Waals surface area contributed by atoms with Gasteiger partial charge in [0, 0.05) is 43.2 Å². The second-order valence-corrected chi connectivity index (χ2v) is 14.4. The van der Waals surface area contributed by atoms with E-state index in [1.165, 1.54) is 6.07 Å². The first-order valence-electron chi connectivity index (χ1n) is 17.9. The number of fused-ring (bicyclic) bond motifs is 5. The summed E-state index contributed by atoms with van der Waals surface area (Å²) >= 11 is 0. The van der Waals surface area contributed by atoms with Gasteiger partial charge in [0.25, 0.3) is 11.8 Å². The molecule has 2 fully saturated rings. The molecule has 1 saturated carbocycles. The van der Waals surface area contributed by atoms with Crippen molar-refractivity contribution in [1.29, 1.82) is 0 Å². The van der Waals surface area contributed by atoms with Gasteiger partial charge in [0.1, 0.15) is 22.6 Å². The Kier molecular flexibility index (Phi) is 8.47. The molecular formula is C38H41F3N8O3. The number of carbonyl (C=O) groups excluding carboxylic acids is 2. The number of alkyl halides is 3. The van der Waals surface area contributed by atoms with Crippen molar-refractivity contribution in [2.45, 2.75) is 82.7 Å². The number of benzene rings is 1. The standard InChI is InChI=1S/C38H41F3N8O3/c1-20-27-12-9-22-17-30(48(34(22)45-27)14-6-4-5-7-28-25(36(50)43-20)11-13-32(44-28)38(39,40)41)35-46-29-16-23(18-31(52-3)33(29)47(35)2)37(51)49-19-26(42)21-8-10-24(49)15-21/h9,11-13,16-18,20-21,24,26H,4-8,10,14-15,19,42H2,1-3H3,(H,43,50)/t20-,21-,24+,26+/m1/s1. The maximum atomic E-state index is 13.9. The van der Waals surface area contributed by atoms with Gasteiger partial charge in [-0.15, -0.1) is 0 Å². The molecule has 2 aliphatic heterocycles. The summed E-state index contributed by atoms with van der Waals surface area (Å²) in [6.07, 6.45) is 0.489. The lowest BCUT2D eigenvalue weighted by atomic mass is 9.94. The number of nitrogens with two attached hydrogens (primary N) is 1. The average Bonchev–Trinajstić information content (AvgIpc) is 3.81. The van der Waals surface area contributed by atoms with Crippen LogP contribution in [0.1, 0.15) is 89.3 Å². The van der Waals surface area contributed by atoms with Crippen LogP contribution in [0.5, 0.6) is 5.75 Å². The van der Waals surface area contributed by atoms with E-state index in [1.54, 1.807) is 20.1 Å². The van der Waals surface area contributed by atoms with Crippen LogP contribution >= 0.6 is 0 Å². The van der Waals surface area contributed by atoms with Gasteiger partial charge in [-0.1, -0.05) is 6.42 Å². The summed E-state index contributed by atoms with van der Waals surface area (Å²) in [6, 6.07) is 11.2. The number of amides is 2. The summed E-state index contributed by atoms with van der Waals surface area (Å²) < 4.78 is 50.6. The van der Waals surface area contributed by atoms with E-state index in [2.05, 4.69) is 14.9 Å². The largest absolute Gasteiger partial charge is 0.494 e. The van der Waals surface area contributed by atoms with Crippen molar-refractivity contribution in [1.82, 2.24) is 34.3 Å². The lowest BCUT2D eigenvalue weighted by Gasteiger charge is -2.37. The van der Waals surface area contributed by atoms with Crippen molar-refractivity contribution in [2.24, 2.45) is 18.7 Å². The summed E-state index contributed by atoms with van der Waals surface area (Å²) in [5, 5.41) is 3.81. The van der Waals surface area contributed by atoms with Gasteiger partial charge in [-0.3, -0.25) is 9.59 Å². The average molecular weight is 715 g/mol. The quantitative estimate of drug-likeness (QED) is 0.228. The first-order chi connectivity index (χ1) is 24.9. The van der Waals surface area contributed by atoms with E-state index in [9.17, 15) is 22.8 Å². The Bertz CT molecular complexity index is 2230. The molecule has 2 amide bonds. The van der Waals surface area contributed by atoms with Crippen LogP contribution in [-0.2, 0) is 26.2 Å². The fourth-order valence-electron chi connectivity index (χ4n) is 8.36. The maximum absolute atomic E-state index is 13.9. The number of pyridine rings is 2. The van der Waals surface area contributed by atoms with Gasteiger partial charge in [0.15, 0.2) is 5.82 Å². The van der Waals surface area contributed by atoms with Crippen LogP contribution in [0.25, 0.3) is 33.6 Å². The number of halogens is 3. The number of methoxy groups -OCH3 is 1. The number of imidazole rings is 1. The van der Waals surface area contributed by atoms with Crippen molar-refractivity contribution in [3.63, 3.8) is 0 Å². The van der Waals surface area contributed by atoms with Crippen molar-refractivity contribution in [2.75, 3.05) is 13.7 Å². The predicted molar refractivity (Wildman–Crippen MR) is 189 cm³/mol. The molecule has 8 rings (SSSR count). The minimum Gasteiger partial charge on any atom is -0.494 e. The molecule has 52 heavy (non-hydrogen) atoms. The minimum atomic E-state index is -4.61. The molecule has 3 N–H and O–H groups in total. The SMILES string of the molecule is COc1cc(C(=O)N2C[C@H](N)[C@@H]3CC[C@H]2C3)cc2nc(-c3cc4ccc5nc4n3CCCCCc3nc(C(F)(F)F)ccc3C(=O)N[C@@H]5C)n(C)c12. The lowest BCUT2D eigenvalue weighted by molar-refractivity contribution is -0.141. The zero-order valence-electron chi connectivity index (χ0n) is 29.3. The van der Waals surface area contributed by atoms with Crippen LogP contribution in [0.4, 0.5) is 13.2 Å². The summed E-state index contributed by atoms with van der Waals surface area (Å²) in [7, 11) is 3.50. The number of aromatic nitrogens is 5. The number of likely N-dealkylation sites (tertiary alicyclic amines) is 1. The Morgan fingerprint density at radius 3 is 2.65 bits per heavy atom. The Morgan fingerprint density at radius 2 is 1.87 bits per heavy atom. The van der Waals surface area contributed by atoms with Crippen molar-refractivity contribution < 1.29 is 27.5 Å². The van der Waals surface area contributed by atoms with E-state index >= 15 is 0 Å². The number of piperidine rings is 1. The van der Waals surface area contributed by atoms with Crippen molar-refractivity contribution in [3.8, 4) is 17.3 Å². The molecule has 1 saturated heterocycles. The van der Waals surface area contributed by atoms with E-state index in [0.29, 0.717) is 66.6 Å². The van der Waals surface area contributed by atoms with Gasteiger partial charge in [0.2, 0.25) is 0 Å². The minimum absolute atomic E-state index is 0.0253. The molecule has 6 heterocycles. The summed E-state index contributed by atoms with van der Waals surface area (Å²) in [4.78, 5) is 43.2. The molecule has 4 atom stereocenters. The van der Waals surface area contributed by atoms with E-state index in [4.69, 9.17) is 20.4 Å². The monoisotopic (exact) mass is 714 g/mol. The maximum Gasteiger partial charge on any atom is 0.433 e. The number of hydrogen-bond donors (Lipinski definition) is 2. The predicted octanol–water partition coefficient (Wildman–Crippen LogP) is 6.18. The number of carbonyl (C=O) groups is 2. The molecule has 1 aromatic carbocycles. The molecule has 14 heteroatoms. The summed E-state index contributed by atoms with van der Waals surface area (Å²) in [5.74, 6) is 1.11. The third kappa shape index (κ3) is 5.86. The highest BCUT2D eigenvalue weighted by molar-refractivity contribution is 6.00. The van der Waals surface area contributed by atoms with Gasteiger partial charge in [-0.2, -0.15) is 13.2 Å². The van der Waals surface area contributed by atoms with Gasteiger partial charge >= 0.3 is 6.18 Å². The van der Waals surface area contributed by atoms with Crippen molar-refractivity contribution in [3.05, 3.63) is 70.7 Å². The number of aryl methyl sites for hydroxylation is 3. The highest BCUT2D eigenvalue weighted by Crippen LogP contribution is 2.39. The Morgan fingerprint density at radius 1 is 1.04 bits per heavy atom. The summed E-state index contributed by atoms with van der Waals surface area (Å²) in [6.45, 7) is 2.90. The third-order valence-electron chi connectivity index (χ3n) is 11.2. The fraction of sp³-hybridized carbons (Fsp3) is 0.447. The van der Waals surface area contributed by atoms with Crippen LogP contribution in [-0.4, -0.2) is 66.5 Å². The molecule has 4 bridgehead atoms. The number of rotatable bonds is 3. The second kappa shape index (κ2) is 12.9. The first-order valence-corrected chi connectivity index (χ1v) is 17.9. The molecule has 0 radical (unpaired) electrons. The van der Waals surface area contributed by atoms with E-state index < -0.39 is 23.8 Å². The Balaban J connectivity index is 1.17. The van der Waals surface area contributed by atoms with Crippen LogP contribution in [0.2, 0.25) is 0 Å². The highest BCUT2D eigenvalue weighted by Gasteiger charge is 2.41. The molecule has 4 aromatic heterocycles. The van der Waals surface area contributed by atoms with Gasteiger partial charge in [-0.05, 0) is 93.8 Å². The van der Waals surface area contributed by atoms with Gasteiger partial charge in [0.05, 0.1) is 41.3 Å². The summed E-state index contributed by atoms with van der Waals surface area (Å²) in [5.41, 5.74) is 9.73. The topological polar surface area (TPSA) is 133 Å². The molecule has 0 unspecified atom stereocenters. The van der Waals surface area contributed by atoms with E-state index in [0.717, 1.165) is 47.6 Å². The number of nitrogens with zero attached hydrogens (tertiary/aromatic N) is 6. The fourth-order valence-corrected chi connectivity index (χ4v) is 8.36. The van der Waals surface area contributed by atoms with E-state index in [1.807, 2.05) is 40.8 Å². The molecule has 272 valence electrons. The normalized spacial score (nSPS) is 22.4.